The average Bonchev–Trinajstić information content (AvgIpc) is 2.47. The fraction of sp³-hybridized carbons (Fsp3) is 0.188. The van der Waals surface area contributed by atoms with Crippen LogP contribution in [0.1, 0.15) is 28.9 Å². The van der Waals surface area contributed by atoms with Crippen LogP contribution in [0.3, 0.4) is 0 Å². The largest absolute Gasteiger partial charge is 0.399 e. The Morgan fingerprint density at radius 1 is 1.14 bits per heavy atom. The van der Waals surface area contributed by atoms with E-state index < -0.39 is 0 Å². The van der Waals surface area contributed by atoms with Crippen LogP contribution >= 0.6 is 23.2 Å². The number of amides is 1. The average molecular weight is 323 g/mol. The molecule has 0 spiro atoms. The molecule has 110 valence electrons. The van der Waals surface area contributed by atoms with Crippen molar-refractivity contribution in [3.05, 3.63) is 63.6 Å². The summed E-state index contributed by atoms with van der Waals surface area (Å²) < 4.78 is 0. The van der Waals surface area contributed by atoms with Gasteiger partial charge < -0.3 is 10.6 Å². The van der Waals surface area contributed by atoms with Crippen molar-refractivity contribution in [3.8, 4) is 0 Å². The Hall–Kier alpha value is -1.71. The van der Waals surface area contributed by atoms with Gasteiger partial charge in [-0.05, 0) is 42.8 Å². The molecule has 5 heteroatoms. The zero-order valence-corrected chi connectivity index (χ0v) is 13.3. The van der Waals surface area contributed by atoms with Crippen LogP contribution in [0.25, 0.3) is 0 Å². The van der Waals surface area contributed by atoms with Gasteiger partial charge >= 0.3 is 0 Å². The molecule has 3 nitrogen and oxygen atoms in total. The zero-order valence-electron chi connectivity index (χ0n) is 11.8. The molecule has 0 heterocycles. The van der Waals surface area contributed by atoms with Crippen molar-refractivity contribution in [1.82, 2.24) is 4.90 Å². The van der Waals surface area contributed by atoms with Crippen LogP contribution in [0.15, 0.2) is 42.5 Å². The Kier molecular flexibility index (Phi) is 4.76. The summed E-state index contributed by atoms with van der Waals surface area (Å²) in [5, 5.41) is 0.798. The van der Waals surface area contributed by atoms with Gasteiger partial charge in [-0.1, -0.05) is 35.3 Å². The Morgan fingerprint density at radius 2 is 1.86 bits per heavy atom. The normalized spacial score (nSPS) is 12.0. The summed E-state index contributed by atoms with van der Waals surface area (Å²) in [6.45, 7) is 1.95. The van der Waals surface area contributed by atoms with Gasteiger partial charge in [0.15, 0.2) is 0 Å². The molecule has 0 bridgehead atoms. The molecule has 0 radical (unpaired) electrons. The highest BCUT2D eigenvalue weighted by Crippen LogP contribution is 2.26. The second-order valence-electron chi connectivity index (χ2n) is 4.89. The van der Waals surface area contributed by atoms with Gasteiger partial charge in [-0.25, -0.2) is 0 Å². The maximum atomic E-state index is 12.5. The second kappa shape index (κ2) is 6.37. The maximum absolute atomic E-state index is 12.5. The van der Waals surface area contributed by atoms with Gasteiger partial charge in [0.25, 0.3) is 5.91 Å². The Balaban J connectivity index is 2.24. The van der Waals surface area contributed by atoms with Crippen LogP contribution in [0.5, 0.6) is 0 Å². The van der Waals surface area contributed by atoms with E-state index in [4.69, 9.17) is 28.9 Å². The molecule has 2 N–H and O–H groups in total. The minimum atomic E-state index is -0.122. The number of hydrogen-bond donors (Lipinski definition) is 1. The first-order chi connectivity index (χ1) is 9.90. The fourth-order valence-corrected chi connectivity index (χ4v) is 2.35. The minimum Gasteiger partial charge on any atom is -0.399 e. The SMILES string of the molecule is CC(c1cccc(N)c1)N(C)C(=O)c1ccc(Cl)c(Cl)c1. The number of nitrogens with two attached hydrogens (primary N) is 1. The molecule has 0 aliphatic carbocycles. The van der Waals surface area contributed by atoms with E-state index in [0.29, 0.717) is 21.3 Å². The molecule has 0 aliphatic heterocycles. The third-order valence-corrected chi connectivity index (χ3v) is 4.20. The van der Waals surface area contributed by atoms with Crippen LogP contribution in [0, 0.1) is 0 Å². The van der Waals surface area contributed by atoms with Crippen molar-refractivity contribution in [3.63, 3.8) is 0 Å². The molecule has 0 aliphatic rings. The lowest BCUT2D eigenvalue weighted by Gasteiger charge is -2.25. The van der Waals surface area contributed by atoms with E-state index in [1.54, 1.807) is 30.1 Å². The minimum absolute atomic E-state index is 0.101. The highest BCUT2D eigenvalue weighted by Gasteiger charge is 2.19. The molecule has 2 aromatic rings. The Bertz CT molecular complexity index is 673. The number of carbonyl (C=O) groups is 1. The molecule has 0 aromatic heterocycles. The summed E-state index contributed by atoms with van der Waals surface area (Å²) in [6.07, 6.45) is 0. The predicted molar refractivity (Wildman–Crippen MR) is 87.8 cm³/mol. The third-order valence-electron chi connectivity index (χ3n) is 3.46. The van der Waals surface area contributed by atoms with Crippen molar-refractivity contribution in [2.75, 3.05) is 12.8 Å². The number of halogens is 2. The summed E-state index contributed by atoms with van der Waals surface area (Å²) in [5.41, 5.74) is 7.94. The zero-order chi connectivity index (χ0) is 15.6. The number of hydrogen-bond acceptors (Lipinski definition) is 2. The van der Waals surface area contributed by atoms with Crippen molar-refractivity contribution >= 4 is 34.8 Å². The van der Waals surface area contributed by atoms with Crippen molar-refractivity contribution in [2.45, 2.75) is 13.0 Å². The van der Waals surface area contributed by atoms with E-state index in [-0.39, 0.29) is 11.9 Å². The molecule has 2 rings (SSSR count). The molecular weight excluding hydrogens is 307 g/mol. The van der Waals surface area contributed by atoms with Gasteiger partial charge in [0.2, 0.25) is 0 Å². The molecule has 2 aromatic carbocycles. The van der Waals surface area contributed by atoms with E-state index in [2.05, 4.69) is 0 Å². The lowest BCUT2D eigenvalue weighted by atomic mass is 10.1. The first-order valence-corrected chi connectivity index (χ1v) is 7.23. The van der Waals surface area contributed by atoms with Gasteiger partial charge in [0, 0.05) is 18.3 Å². The smallest absolute Gasteiger partial charge is 0.254 e. The lowest BCUT2D eigenvalue weighted by molar-refractivity contribution is 0.0742. The van der Waals surface area contributed by atoms with E-state index in [1.165, 1.54) is 0 Å². The van der Waals surface area contributed by atoms with Crippen molar-refractivity contribution in [2.24, 2.45) is 0 Å². The first-order valence-electron chi connectivity index (χ1n) is 6.48. The maximum Gasteiger partial charge on any atom is 0.254 e. The number of anilines is 1. The van der Waals surface area contributed by atoms with Gasteiger partial charge in [0.1, 0.15) is 0 Å². The van der Waals surface area contributed by atoms with Gasteiger partial charge in [-0.3, -0.25) is 4.79 Å². The summed E-state index contributed by atoms with van der Waals surface area (Å²) in [7, 11) is 1.75. The molecule has 1 atom stereocenters. The molecule has 21 heavy (non-hydrogen) atoms. The van der Waals surface area contributed by atoms with Gasteiger partial charge in [0.05, 0.1) is 16.1 Å². The van der Waals surface area contributed by atoms with E-state index in [1.807, 2.05) is 31.2 Å². The molecule has 0 saturated carbocycles. The Labute approximate surface area is 134 Å². The number of nitrogen functional groups attached to an aromatic ring is 1. The number of benzene rings is 2. The summed E-state index contributed by atoms with van der Waals surface area (Å²) in [5.74, 6) is -0.122. The van der Waals surface area contributed by atoms with Crippen LogP contribution in [-0.2, 0) is 0 Å². The van der Waals surface area contributed by atoms with Crippen LogP contribution in [0.2, 0.25) is 10.0 Å². The quantitative estimate of drug-likeness (QED) is 0.851. The number of rotatable bonds is 3. The standard InChI is InChI=1S/C16H16Cl2N2O/c1-10(11-4-3-5-13(19)8-11)20(2)16(21)12-6-7-14(17)15(18)9-12/h3-10H,19H2,1-2H3. The Morgan fingerprint density at radius 3 is 2.48 bits per heavy atom. The second-order valence-corrected chi connectivity index (χ2v) is 5.71. The highest BCUT2D eigenvalue weighted by atomic mass is 35.5. The number of carbonyl (C=O) groups excluding carboxylic acids is 1. The highest BCUT2D eigenvalue weighted by molar-refractivity contribution is 6.42. The van der Waals surface area contributed by atoms with Crippen LogP contribution in [-0.4, -0.2) is 17.9 Å². The van der Waals surface area contributed by atoms with Crippen molar-refractivity contribution in [1.29, 1.82) is 0 Å². The van der Waals surface area contributed by atoms with Gasteiger partial charge in [-0.2, -0.15) is 0 Å². The molecule has 0 saturated heterocycles. The predicted octanol–water partition coefficient (Wildman–Crippen LogP) is 4.41. The van der Waals surface area contributed by atoms with Crippen LogP contribution < -0.4 is 5.73 Å². The van der Waals surface area contributed by atoms with E-state index >= 15 is 0 Å². The third kappa shape index (κ3) is 3.49. The van der Waals surface area contributed by atoms with Gasteiger partial charge in [-0.15, -0.1) is 0 Å². The molecular formula is C16H16Cl2N2O. The van der Waals surface area contributed by atoms with E-state index in [9.17, 15) is 4.79 Å². The topological polar surface area (TPSA) is 46.3 Å². The van der Waals surface area contributed by atoms with Crippen molar-refractivity contribution < 1.29 is 4.79 Å². The molecule has 0 fully saturated rings. The fourth-order valence-electron chi connectivity index (χ4n) is 2.05. The first kappa shape index (κ1) is 15.7. The molecule has 1 unspecified atom stereocenters. The monoisotopic (exact) mass is 322 g/mol. The summed E-state index contributed by atoms with van der Waals surface area (Å²) >= 11 is 11.8. The van der Waals surface area contributed by atoms with E-state index in [0.717, 1.165) is 5.56 Å². The molecule has 1 amide bonds. The lowest BCUT2D eigenvalue weighted by Crippen LogP contribution is -2.29. The summed E-state index contributed by atoms with van der Waals surface area (Å²) in [4.78, 5) is 14.1. The number of nitrogens with zero attached hydrogens (tertiary/aromatic N) is 1. The summed E-state index contributed by atoms with van der Waals surface area (Å²) in [6, 6.07) is 12.3. The van der Waals surface area contributed by atoms with Crippen LogP contribution in [0.4, 0.5) is 5.69 Å².